The molecule has 4 aromatic rings. The molecule has 1 aliphatic heterocycles. The molecule has 5 rings (SSSR count). The Kier molecular flexibility index (Phi) is 6.77. The lowest BCUT2D eigenvalue weighted by molar-refractivity contribution is 0.0670. The smallest absolute Gasteiger partial charge is 0.255 e. The predicted octanol–water partition coefficient (Wildman–Crippen LogP) is 5.19. The zero-order chi connectivity index (χ0) is 24.5. The molecule has 0 saturated carbocycles. The molecule has 1 amide bonds. The number of nitrogens with zero attached hydrogens (tertiary/aromatic N) is 4. The maximum Gasteiger partial charge on any atom is 0.255 e. The molecule has 1 fully saturated rings. The van der Waals surface area contributed by atoms with E-state index < -0.39 is 0 Å². The van der Waals surface area contributed by atoms with Gasteiger partial charge in [-0.1, -0.05) is 23.2 Å². The van der Waals surface area contributed by atoms with Crippen molar-refractivity contribution < 1.29 is 4.79 Å². The van der Waals surface area contributed by atoms with Crippen molar-refractivity contribution in [2.45, 2.75) is 32.2 Å². The van der Waals surface area contributed by atoms with Gasteiger partial charge in [0.2, 0.25) is 0 Å². The molecule has 1 aliphatic rings. The second kappa shape index (κ2) is 9.97. The summed E-state index contributed by atoms with van der Waals surface area (Å²) in [7, 11) is 0. The minimum absolute atomic E-state index is 0.0685. The molecule has 2 aromatic carbocycles. The van der Waals surface area contributed by atoms with Crippen LogP contribution in [0.1, 0.15) is 48.4 Å². The summed E-state index contributed by atoms with van der Waals surface area (Å²) >= 11 is 12.7. The van der Waals surface area contributed by atoms with Gasteiger partial charge in [-0.15, -0.1) is 0 Å². The van der Waals surface area contributed by atoms with Crippen molar-refractivity contribution in [1.82, 2.24) is 24.8 Å². The summed E-state index contributed by atoms with van der Waals surface area (Å²) in [6, 6.07) is 8.88. The monoisotopic (exact) mass is 511 g/mol. The number of nitrogens with one attached hydrogen (secondary N) is 2. The molecule has 2 unspecified atom stereocenters. The SMILES string of the molecule is CC(Nc1ncnc2cc(C(=O)N3CCCC(CCN)C3)c(Cl)cc12)c1nc2ccc(Cl)cc2[nH]1. The van der Waals surface area contributed by atoms with Crippen LogP contribution in [0.15, 0.2) is 36.7 Å². The molecule has 3 heterocycles. The van der Waals surface area contributed by atoms with E-state index in [9.17, 15) is 4.79 Å². The Hall–Kier alpha value is -2.94. The number of nitrogens with two attached hydrogens (primary N) is 1. The highest BCUT2D eigenvalue weighted by Crippen LogP contribution is 2.31. The highest BCUT2D eigenvalue weighted by Gasteiger charge is 2.26. The molecule has 0 aliphatic carbocycles. The molecular weight excluding hydrogens is 485 g/mol. The van der Waals surface area contributed by atoms with Gasteiger partial charge in [0, 0.05) is 23.5 Å². The van der Waals surface area contributed by atoms with Crippen molar-refractivity contribution in [3.05, 3.63) is 58.1 Å². The lowest BCUT2D eigenvalue weighted by atomic mass is 9.94. The van der Waals surface area contributed by atoms with Gasteiger partial charge in [0.05, 0.1) is 33.2 Å². The lowest BCUT2D eigenvalue weighted by Gasteiger charge is -2.33. The van der Waals surface area contributed by atoms with Gasteiger partial charge < -0.3 is 20.9 Å². The Morgan fingerprint density at radius 3 is 2.94 bits per heavy atom. The van der Waals surface area contributed by atoms with Gasteiger partial charge in [0.15, 0.2) is 0 Å². The van der Waals surface area contributed by atoms with Crippen LogP contribution in [0.5, 0.6) is 0 Å². The number of H-pyrrole nitrogens is 1. The van der Waals surface area contributed by atoms with E-state index in [1.807, 2.05) is 30.0 Å². The van der Waals surface area contributed by atoms with Crippen LogP contribution in [0.2, 0.25) is 10.0 Å². The first kappa shape index (κ1) is 23.8. The van der Waals surface area contributed by atoms with Crippen LogP contribution in [0.25, 0.3) is 21.9 Å². The number of hydrogen-bond donors (Lipinski definition) is 3. The zero-order valence-electron chi connectivity index (χ0n) is 19.4. The predicted molar refractivity (Wildman–Crippen MR) is 140 cm³/mol. The standard InChI is InChI=1S/C25H27Cl2N7O/c1-14(23-32-20-5-4-16(26)9-22(20)33-23)31-24-18-10-19(27)17(11-21(18)29-13-30-24)25(35)34-8-2-3-15(12-34)6-7-28/h4-5,9-11,13-15H,2-3,6-8,12,28H2,1H3,(H,32,33)(H,29,30,31). The summed E-state index contributed by atoms with van der Waals surface area (Å²) in [5, 5.41) is 5.16. The van der Waals surface area contributed by atoms with E-state index in [-0.39, 0.29) is 11.9 Å². The van der Waals surface area contributed by atoms with Gasteiger partial charge in [-0.2, -0.15) is 0 Å². The Labute approximate surface area is 213 Å². The highest BCUT2D eigenvalue weighted by molar-refractivity contribution is 6.35. The molecule has 4 N–H and O–H groups in total. The van der Waals surface area contributed by atoms with E-state index in [0.29, 0.717) is 46.0 Å². The van der Waals surface area contributed by atoms with E-state index in [2.05, 4.69) is 25.3 Å². The third-order valence-corrected chi connectivity index (χ3v) is 7.11. The van der Waals surface area contributed by atoms with Crippen LogP contribution < -0.4 is 11.1 Å². The number of hydrogen-bond acceptors (Lipinski definition) is 6. The Morgan fingerprint density at radius 1 is 1.26 bits per heavy atom. The van der Waals surface area contributed by atoms with Crippen LogP contribution in [0, 0.1) is 5.92 Å². The Balaban J connectivity index is 1.40. The van der Waals surface area contributed by atoms with Crippen LogP contribution in [-0.4, -0.2) is 50.4 Å². The summed E-state index contributed by atoms with van der Waals surface area (Å²) in [6.07, 6.45) is 4.49. The Bertz CT molecular complexity index is 1390. The number of fused-ring (bicyclic) bond motifs is 2. The summed E-state index contributed by atoms with van der Waals surface area (Å²) in [4.78, 5) is 32.0. The van der Waals surface area contributed by atoms with Crippen molar-refractivity contribution >= 4 is 56.9 Å². The number of piperidine rings is 1. The first-order chi connectivity index (χ1) is 16.9. The maximum atomic E-state index is 13.3. The third-order valence-electron chi connectivity index (χ3n) is 6.56. The minimum atomic E-state index is -0.174. The highest BCUT2D eigenvalue weighted by atomic mass is 35.5. The topological polar surface area (TPSA) is 113 Å². The number of halogens is 2. The van der Waals surface area contributed by atoms with Crippen molar-refractivity contribution in [2.24, 2.45) is 11.7 Å². The van der Waals surface area contributed by atoms with Gasteiger partial charge in [-0.3, -0.25) is 4.79 Å². The zero-order valence-corrected chi connectivity index (χ0v) is 20.9. The Morgan fingerprint density at radius 2 is 2.11 bits per heavy atom. The van der Waals surface area contributed by atoms with Crippen LogP contribution >= 0.6 is 23.2 Å². The molecule has 35 heavy (non-hydrogen) atoms. The number of aromatic nitrogens is 4. The fourth-order valence-corrected chi connectivity index (χ4v) is 5.14. The number of carbonyl (C=O) groups is 1. The van der Waals surface area contributed by atoms with Gasteiger partial charge in [0.1, 0.15) is 18.0 Å². The van der Waals surface area contributed by atoms with E-state index >= 15 is 0 Å². The first-order valence-corrected chi connectivity index (χ1v) is 12.5. The van der Waals surface area contributed by atoms with E-state index in [1.165, 1.54) is 6.33 Å². The molecule has 182 valence electrons. The molecule has 2 atom stereocenters. The molecular formula is C25H27Cl2N7O. The molecule has 0 radical (unpaired) electrons. The number of likely N-dealkylation sites (tertiary alicyclic amines) is 1. The summed E-state index contributed by atoms with van der Waals surface area (Å²) in [5.74, 6) is 1.73. The normalized spacial score (nSPS) is 17.1. The largest absolute Gasteiger partial charge is 0.360 e. The molecule has 2 aromatic heterocycles. The van der Waals surface area contributed by atoms with Gasteiger partial charge in [-0.05, 0) is 69.0 Å². The van der Waals surface area contributed by atoms with Crippen LogP contribution in [0.3, 0.4) is 0 Å². The second-order valence-corrected chi connectivity index (χ2v) is 9.90. The third kappa shape index (κ3) is 4.91. The summed E-state index contributed by atoms with van der Waals surface area (Å²) in [5.41, 5.74) is 8.54. The molecule has 0 spiro atoms. The fraction of sp³-hybridized carbons (Fsp3) is 0.360. The van der Waals surface area contributed by atoms with Gasteiger partial charge in [-0.25, -0.2) is 15.0 Å². The molecule has 10 heteroatoms. The first-order valence-electron chi connectivity index (χ1n) is 11.8. The van der Waals surface area contributed by atoms with Crippen molar-refractivity contribution in [3.63, 3.8) is 0 Å². The van der Waals surface area contributed by atoms with Crippen molar-refractivity contribution in [3.8, 4) is 0 Å². The fourth-order valence-electron chi connectivity index (χ4n) is 4.73. The lowest BCUT2D eigenvalue weighted by Crippen LogP contribution is -2.40. The number of carbonyl (C=O) groups excluding carboxylic acids is 1. The van der Waals surface area contributed by atoms with Crippen molar-refractivity contribution in [2.75, 3.05) is 25.0 Å². The minimum Gasteiger partial charge on any atom is -0.360 e. The molecule has 0 bridgehead atoms. The number of imidazole rings is 1. The van der Waals surface area contributed by atoms with E-state index in [4.69, 9.17) is 28.9 Å². The summed E-state index contributed by atoms with van der Waals surface area (Å²) < 4.78 is 0. The number of amides is 1. The average molecular weight is 512 g/mol. The number of rotatable bonds is 6. The van der Waals surface area contributed by atoms with Crippen LogP contribution in [-0.2, 0) is 0 Å². The number of benzene rings is 2. The van der Waals surface area contributed by atoms with Gasteiger partial charge in [0.25, 0.3) is 5.91 Å². The van der Waals surface area contributed by atoms with Crippen LogP contribution in [0.4, 0.5) is 5.82 Å². The van der Waals surface area contributed by atoms with E-state index in [0.717, 1.165) is 48.1 Å². The quantitative estimate of drug-likeness (QED) is 0.328. The van der Waals surface area contributed by atoms with E-state index in [1.54, 1.807) is 12.1 Å². The average Bonchev–Trinajstić information content (AvgIpc) is 3.27. The number of aromatic amines is 1. The molecule has 8 nitrogen and oxygen atoms in total. The number of anilines is 1. The summed E-state index contributed by atoms with van der Waals surface area (Å²) in [6.45, 7) is 4.06. The van der Waals surface area contributed by atoms with Gasteiger partial charge >= 0.3 is 0 Å². The second-order valence-electron chi connectivity index (χ2n) is 9.06. The molecule has 1 saturated heterocycles. The maximum absolute atomic E-state index is 13.3. The van der Waals surface area contributed by atoms with Crippen molar-refractivity contribution in [1.29, 1.82) is 0 Å².